The Hall–Kier alpha value is -2.05. The van der Waals surface area contributed by atoms with Crippen LogP contribution in [0.2, 0.25) is 0 Å². The largest absolute Gasteiger partial charge is 0.486 e. The fraction of sp³-hybridized carbons (Fsp3) is 0.421. The SMILES string of the molecule is CC1CC(NC(=O)c2ccc(-c3ccc4c(c3)OCCO4)s2)CCN1. The minimum absolute atomic E-state index is 0.0212. The van der Waals surface area contributed by atoms with Crippen LogP contribution in [0.25, 0.3) is 10.4 Å². The highest BCUT2D eigenvalue weighted by atomic mass is 32.1. The Bertz CT molecular complexity index is 774. The van der Waals surface area contributed by atoms with Gasteiger partial charge in [-0.05, 0) is 62.2 Å². The van der Waals surface area contributed by atoms with Gasteiger partial charge in [0, 0.05) is 17.0 Å². The molecule has 2 unspecified atom stereocenters. The first-order chi connectivity index (χ1) is 12.2. The molecule has 25 heavy (non-hydrogen) atoms. The summed E-state index contributed by atoms with van der Waals surface area (Å²) in [5, 5.41) is 6.57. The molecule has 0 aliphatic carbocycles. The molecule has 2 aliphatic heterocycles. The fourth-order valence-electron chi connectivity index (χ4n) is 3.33. The minimum Gasteiger partial charge on any atom is -0.486 e. The van der Waals surface area contributed by atoms with Crippen LogP contribution in [0.15, 0.2) is 30.3 Å². The molecule has 0 spiro atoms. The zero-order chi connectivity index (χ0) is 17.2. The Morgan fingerprint density at radius 2 is 2.04 bits per heavy atom. The van der Waals surface area contributed by atoms with E-state index >= 15 is 0 Å². The van der Waals surface area contributed by atoms with E-state index in [-0.39, 0.29) is 11.9 Å². The molecule has 1 aromatic carbocycles. The maximum Gasteiger partial charge on any atom is 0.261 e. The molecule has 6 heteroatoms. The second-order valence-electron chi connectivity index (χ2n) is 6.57. The van der Waals surface area contributed by atoms with Crippen molar-refractivity contribution in [1.82, 2.24) is 10.6 Å². The lowest BCUT2D eigenvalue weighted by Crippen LogP contribution is -2.46. The summed E-state index contributed by atoms with van der Waals surface area (Å²) < 4.78 is 11.2. The molecule has 2 atom stereocenters. The third-order valence-electron chi connectivity index (χ3n) is 4.62. The first-order valence-corrected chi connectivity index (χ1v) is 9.55. The molecular formula is C19H22N2O3S. The summed E-state index contributed by atoms with van der Waals surface area (Å²) in [5.74, 6) is 1.57. The van der Waals surface area contributed by atoms with Crippen molar-refractivity contribution in [3.63, 3.8) is 0 Å². The number of amides is 1. The number of hydrogen-bond donors (Lipinski definition) is 2. The van der Waals surface area contributed by atoms with Crippen LogP contribution in [0.5, 0.6) is 11.5 Å². The topological polar surface area (TPSA) is 59.6 Å². The van der Waals surface area contributed by atoms with Gasteiger partial charge in [-0.1, -0.05) is 0 Å². The monoisotopic (exact) mass is 358 g/mol. The lowest BCUT2D eigenvalue weighted by atomic mass is 10.0. The van der Waals surface area contributed by atoms with Crippen molar-refractivity contribution in [3.05, 3.63) is 35.2 Å². The summed E-state index contributed by atoms with van der Waals surface area (Å²) in [6.45, 7) is 4.27. The van der Waals surface area contributed by atoms with Gasteiger partial charge >= 0.3 is 0 Å². The van der Waals surface area contributed by atoms with Gasteiger partial charge in [-0.15, -0.1) is 11.3 Å². The molecule has 4 rings (SSSR count). The van der Waals surface area contributed by atoms with Gasteiger partial charge in [-0.25, -0.2) is 0 Å². The molecule has 1 saturated heterocycles. The molecule has 2 aromatic rings. The van der Waals surface area contributed by atoms with Crippen LogP contribution in [0.3, 0.4) is 0 Å². The number of carbonyl (C=O) groups is 1. The van der Waals surface area contributed by atoms with Crippen molar-refractivity contribution in [3.8, 4) is 21.9 Å². The number of hydrogen-bond acceptors (Lipinski definition) is 5. The molecule has 2 N–H and O–H groups in total. The third kappa shape index (κ3) is 3.65. The summed E-state index contributed by atoms with van der Waals surface area (Å²) in [4.78, 5) is 14.3. The Morgan fingerprint density at radius 1 is 1.20 bits per heavy atom. The van der Waals surface area contributed by atoms with E-state index in [1.165, 1.54) is 11.3 Å². The number of piperidine rings is 1. The van der Waals surface area contributed by atoms with Crippen LogP contribution in [-0.4, -0.2) is 37.7 Å². The summed E-state index contributed by atoms with van der Waals surface area (Å²) >= 11 is 1.51. The fourth-order valence-corrected chi connectivity index (χ4v) is 4.24. The zero-order valence-corrected chi connectivity index (χ0v) is 15.0. The van der Waals surface area contributed by atoms with Gasteiger partial charge in [0.2, 0.25) is 0 Å². The standard InChI is InChI=1S/C19H22N2O3S/c1-12-10-14(6-7-20-12)21-19(22)18-5-4-17(25-18)13-2-3-15-16(11-13)24-9-8-23-15/h2-5,11-12,14,20H,6-10H2,1H3,(H,21,22). The van der Waals surface area contributed by atoms with Crippen molar-refractivity contribution < 1.29 is 14.3 Å². The van der Waals surface area contributed by atoms with Gasteiger partial charge in [-0.3, -0.25) is 4.79 Å². The smallest absolute Gasteiger partial charge is 0.261 e. The van der Waals surface area contributed by atoms with E-state index in [4.69, 9.17) is 9.47 Å². The van der Waals surface area contributed by atoms with Gasteiger partial charge in [0.15, 0.2) is 11.5 Å². The summed E-state index contributed by atoms with van der Waals surface area (Å²) in [5.41, 5.74) is 1.05. The maximum atomic E-state index is 12.5. The Labute approximate surface area is 151 Å². The molecule has 1 aromatic heterocycles. The first-order valence-electron chi connectivity index (χ1n) is 8.73. The van der Waals surface area contributed by atoms with E-state index in [1.54, 1.807) is 0 Å². The Kier molecular flexibility index (Phi) is 4.63. The number of rotatable bonds is 3. The van der Waals surface area contributed by atoms with Crippen LogP contribution in [0.1, 0.15) is 29.4 Å². The number of benzene rings is 1. The minimum atomic E-state index is 0.0212. The lowest BCUT2D eigenvalue weighted by molar-refractivity contribution is 0.0930. The molecule has 0 bridgehead atoms. The van der Waals surface area contributed by atoms with Crippen molar-refractivity contribution >= 4 is 17.2 Å². The summed E-state index contributed by atoms with van der Waals surface area (Å²) in [6, 6.07) is 10.5. The highest BCUT2D eigenvalue weighted by Crippen LogP contribution is 2.36. The Morgan fingerprint density at radius 3 is 2.88 bits per heavy atom. The third-order valence-corrected chi connectivity index (χ3v) is 5.75. The molecular weight excluding hydrogens is 336 g/mol. The molecule has 1 fully saturated rings. The summed E-state index contributed by atoms with van der Waals surface area (Å²) in [7, 11) is 0. The zero-order valence-electron chi connectivity index (χ0n) is 14.2. The molecule has 3 heterocycles. The quantitative estimate of drug-likeness (QED) is 0.885. The van der Waals surface area contributed by atoms with Gasteiger partial charge in [0.05, 0.1) is 4.88 Å². The predicted molar refractivity (Wildman–Crippen MR) is 98.7 cm³/mol. The van der Waals surface area contributed by atoms with Crippen LogP contribution >= 0.6 is 11.3 Å². The first kappa shape index (κ1) is 16.4. The molecule has 132 valence electrons. The van der Waals surface area contributed by atoms with E-state index in [0.29, 0.717) is 19.3 Å². The van der Waals surface area contributed by atoms with E-state index in [9.17, 15) is 4.79 Å². The van der Waals surface area contributed by atoms with Gasteiger partial charge in [0.25, 0.3) is 5.91 Å². The highest BCUT2D eigenvalue weighted by Gasteiger charge is 2.21. The molecule has 1 amide bonds. The average Bonchev–Trinajstić information content (AvgIpc) is 3.12. The Balaban J connectivity index is 1.47. The average molecular weight is 358 g/mol. The van der Waals surface area contributed by atoms with E-state index in [0.717, 1.165) is 46.2 Å². The van der Waals surface area contributed by atoms with Crippen molar-refractivity contribution in [1.29, 1.82) is 0 Å². The van der Waals surface area contributed by atoms with Crippen LogP contribution in [0, 0.1) is 0 Å². The van der Waals surface area contributed by atoms with Crippen molar-refractivity contribution in [2.45, 2.75) is 31.8 Å². The van der Waals surface area contributed by atoms with Gasteiger partial charge < -0.3 is 20.1 Å². The maximum absolute atomic E-state index is 12.5. The highest BCUT2D eigenvalue weighted by molar-refractivity contribution is 7.17. The molecule has 0 radical (unpaired) electrons. The second kappa shape index (κ2) is 7.06. The van der Waals surface area contributed by atoms with E-state index in [2.05, 4.69) is 17.6 Å². The van der Waals surface area contributed by atoms with Crippen LogP contribution < -0.4 is 20.1 Å². The molecule has 5 nitrogen and oxygen atoms in total. The van der Waals surface area contributed by atoms with Crippen LogP contribution in [-0.2, 0) is 0 Å². The number of thiophene rings is 1. The van der Waals surface area contributed by atoms with Crippen molar-refractivity contribution in [2.24, 2.45) is 0 Å². The lowest BCUT2D eigenvalue weighted by Gasteiger charge is -2.28. The molecule has 2 aliphatic rings. The molecule has 0 saturated carbocycles. The second-order valence-corrected chi connectivity index (χ2v) is 7.66. The summed E-state index contributed by atoms with van der Waals surface area (Å²) in [6.07, 6.45) is 1.96. The van der Waals surface area contributed by atoms with Gasteiger partial charge in [0.1, 0.15) is 13.2 Å². The predicted octanol–water partition coefficient (Wildman–Crippen LogP) is 3.06. The normalized spacial score (nSPS) is 22.4. The van der Waals surface area contributed by atoms with E-state index in [1.807, 2.05) is 30.3 Å². The van der Waals surface area contributed by atoms with Crippen molar-refractivity contribution in [2.75, 3.05) is 19.8 Å². The van der Waals surface area contributed by atoms with E-state index < -0.39 is 0 Å². The number of nitrogens with one attached hydrogen (secondary N) is 2. The number of carbonyl (C=O) groups excluding carboxylic acids is 1. The number of fused-ring (bicyclic) bond motifs is 1. The number of ether oxygens (including phenoxy) is 2. The van der Waals surface area contributed by atoms with Crippen LogP contribution in [0.4, 0.5) is 0 Å². The van der Waals surface area contributed by atoms with Gasteiger partial charge in [-0.2, -0.15) is 0 Å².